The zero-order chi connectivity index (χ0) is 13.9. The van der Waals surface area contributed by atoms with Crippen LogP contribution in [0.5, 0.6) is 0 Å². The normalized spacial score (nSPS) is 28.1. The molecule has 104 valence electrons. The van der Waals surface area contributed by atoms with Crippen LogP contribution in [0.2, 0.25) is 0 Å². The van der Waals surface area contributed by atoms with E-state index in [1.54, 1.807) is 6.08 Å². The van der Waals surface area contributed by atoms with Gasteiger partial charge in [0, 0.05) is 18.4 Å². The van der Waals surface area contributed by atoms with Crippen molar-refractivity contribution in [1.82, 2.24) is 0 Å². The van der Waals surface area contributed by atoms with E-state index in [1.807, 2.05) is 6.92 Å². The zero-order valence-electron chi connectivity index (χ0n) is 12.2. The molecule has 3 heteroatoms. The second-order valence-corrected chi connectivity index (χ2v) is 5.57. The van der Waals surface area contributed by atoms with Gasteiger partial charge in [-0.3, -0.25) is 0 Å². The smallest absolute Gasteiger partial charge is 0.174 e. The van der Waals surface area contributed by atoms with Crippen molar-refractivity contribution in [1.29, 1.82) is 5.26 Å². The van der Waals surface area contributed by atoms with Crippen molar-refractivity contribution in [3.8, 4) is 6.07 Å². The Hall–Kier alpha value is -1.11. The maximum Gasteiger partial charge on any atom is 0.174 e. The molecule has 0 aromatic rings. The number of allylic oxidation sites excluding steroid dienone is 3. The molecular weight excluding hydrogens is 238 g/mol. The second-order valence-electron chi connectivity index (χ2n) is 5.57. The largest absolute Gasteiger partial charge is 0.347 e. The van der Waals surface area contributed by atoms with Crippen LogP contribution < -0.4 is 0 Å². The minimum absolute atomic E-state index is 0.325. The van der Waals surface area contributed by atoms with Crippen LogP contribution in [0.1, 0.15) is 46.5 Å². The molecule has 0 radical (unpaired) electrons. The van der Waals surface area contributed by atoms with Gasteiger partial charge in [0.25, 0.3) is 0 Å². The summed E-state index contributed by atoms with van der Waals surface area (Å²) in [7, 11) is 0. The molecule has 1 aliphatic carbocycles. The first-order valence-electron chi connectivity index (χ1n) is 7.13. The number of nitrogens with zero attached hydrogens (tertiary/aromatic N) is 1. The first-order valence-corrected chi connectivity index (χ1v) is 7.13. The summed E-state index contributed by atoms with van der Waals surface area (Å²) in [5.41, 5.74) is 3.55. The van der Waals surface area contributed by atoms with E-state index in [9.17, 15) is 0 Å². The molecule has 0 amide bonds. The van der Waals surface area contributed by atoms with Gasteiger partial charge in [-0.05, 0) is 44.8 Å². The van der Waals surface area contributed by atoms with Gasteiger partial charge in [0.05, 0.1) is 19.3 Å². The molecule has 0 aromatic heterocycles. The molecule has 2 rings (SSSR count). The van der Waals surface area contributed by atoms with Crippen LogP contribution in [0.15, 0.2) is 22.8 Å². The molecule has 1 saturated heterocycles. The fraction of sp³-hybridized carbons (Fsp3) is 0.688. The summed E-state index contributed by atoms with van der Waals surface area (Å²) in [6.45, 7) is 7.65. The fourth-order valence-corrected chi connectivity index (χ4v) is 3.25. The minimum atomic E-state index is -0.392. The molecule has 19 heavy (non-hydrogen) atoms. The Bertz CT molecular complexity index is 436. The summed E-state index contributed by atoms with van der Waals surface area (Å²) in [6.07, 6.45) is 6.12. The van der Waals surface area contributed by atoms with Crippen molar-refractivity contribution in [2.45, 2.75) is 52.2 Å². The van der Waals surface area contributed by atoms with Gasteiger partial charge in [0.1, 0.15) is 0 Å². The van der Waals surface area contributed by atoms with Crippen LogP contribution in [0.3, 0.4) is 0 Å². The number of nitriles is 1. The molecule has 0 N–H and O–H groups in total. The number of ether oxygens (including phenoxy) is 2. The average Bonchev–Trinajstić information content (AvgIpc) is 2.87. The summed E-state index contributed by atoms with van der Waals surface area (Å²) in [4.78, 5) is 0. The molecule has 1 aliphatic heterocycles. The van der Waals surface area contributed by atoms with E-state index in [0.717, 1.165) is 18.4 Å². The highest BCUT2D eigenvalue weighted by atomic mass is 16.7. The molecule has 1 atom stereocenters. The lowest BCUT2D eigenvalue weighted by atomic mass is 9.77. The Morgan fingerprint density at radius 2 is 1.89 bits per heavy atom. The van der Waals surface area contributed by atoms with E-state index in [-0.39, 0.29) is 0 Å². The third-order valence-corrected chi connectivity index (χ3v) is 4.56. The summed E-state index contributed by atoms with van der Waals surface area (Å²) in [6, 6.07) is 2.11. The topological polar surface area (TPSA) is 42.2 Å². The summed E-state index contributed by atoms with van der Waals surface area (Å²) in [5.74, 6) is -0.0675. The van der Waals surface area contributed by atoms with Gasteiger partial charge in [-0.15, -0.1) is 0 Å². The summed E-state index contributed by atoms with van der Waals surface area (Å²) < 4.78 is 11.9. The molecule has 1 unspecified atom stereocenters. The molecule has 0 aromatic carbocycles. The first kappa shape index (κ1) is 14.3. The molecule has 0 bridgehead atoms. The van der Waals surface area contributed by atoms with E-state index < -0.39 is 5.79 Å². The van der Waals surface area contributed by atoms with Crippen molar-refractivity contribution in [3.63, 3.8) is 0 Å². The first-order chi connectivity index (χ1) is 9.10. The van der Waals surface area contributed by atoms with Crippen molar-refractivity contribution in [3.05, 3.63) is 22.8 Å². The SMILES string of the molecule is CC(=C\C#N)/C(C)=C(\C)C1CCCCC12OCCO2. The highest BCUT2D eigenvalue weighted by molar-refractivity contribution is 5.36. The van der Waals surface area contributed by atoms with Crippen LogP contribution in [0.25, 0.3) is 0 Å². The van der Waals surface area contributed by atoms with Crippen molar-refractivity contribution >= 4 is 0 Å². The quantitative estimate of drug-likeness (QED) is 0.562. The lowest BCUT2D eigenvalue weighted by Crippen LogP contribution is -2.42. The Labute approximate surface area is 115 Å². The van der Waals surface area contributed by atoms with Crippen molar-refractivity contribution in [2.75, 3.05) is 13.2 Å². The van der Waals surface area contributed by atoms with E-state index in [0.29, 0.717) is 19.1 Å². The predicted octanol–water partition coefficient (Wildman–Crippen LogP) is 3.73. The molecule has 1 spiro atoms. The Balaban J connectivity index is 2.30. The molecule has 2 fully saturated rings. The number of rotatable bonds is 2. The van der Waals surface area contributed by atoms with E-state index >= 15 is 0 Å². The molecule has 3 nitrogen and oxygen atoms in total. The summed E-state index contributed by atoms with van der Waals surface area (Å²) >= 11 is 0. The lowest BCUT2D eigenvalue weighted by Gasteiger charge is -2.40. The number of hydrogen-bond acceptors (Lipinski definition) is 3. The standard InChI is InChI=1S/C16H23NO2/c1-12(7-9-17)13(2)14(3)15-6-4-5-8-16(15)18-10-11-19-16/h7,15H,4-6,8,10-11H2,1-3H3/b12-7+,14-13+. The maximum atomic E-state index is 8.78. The second kappa shape index (κ2) is 5.90. The van der Waals surface area contributed by atoms with Crippen LogP contribution in [0.4, 0.5) is 0 Å². The van der Waals surface area contributed by atoms with Crippen molar-refractivity contribution < 1.29 is 9.47 Å². The predicted molar refractivity (Wildman–Crippen MR) is 74.3 cm³/mol. The molecule has 2 aliphatic rings. The van der Waals surface area contributed by atoms with Crippen LogP contribution in [-0.4, -0.2) is 19.0 Å². The average molecular weight is 261 g/mol. The monoisotopic (exact) mass is 261 g/mol. The minimum Gasteiger partial charge on any atom is -0.347 e. The highest BCUT2D eigenvalue weighted by Gasteiger charge is 2.46. The van der Waals surface area contributed by atoms with Gasteiger partial charge in [-0.1, -0.05) is 12.0 Å². The Morgan fingerprint density at radius 1 is 1.21 bits per heavy atom. The van der Waals surface area contributed by atoms with Gasteiger partial charge in [0.15, 0.2) is 5.79 Å². The number of hydrogen-bond donors (Lipinski definition) is 0. The fourth-order valence-electron chi connectivity index (χ4n) is 3.25. The van der Waals surface area contributed by atoms with Gasteiger partial charge < -0.3 is 9.47 Å². The van der Waals surface area contributed by atoms with E-state index in [1.165, 1.54) is 24.0 Å². The third-order valence-electron chi connectivity index (χ3n) is 4.56. The third kappa shape index (κ3) is 2.75. The Morgan fingerprint density at radius 3 is 2.53 bits per heavy atom. The van der Waals surface area contributed by atoms with Crippen LogP contribution in [0, 0.1) is 17.2 Å². The van der Waals surface area contributed by atoms with Gasteiger partial charge in [-0.2, -0.15) is 5.26 Å². The lowest BCUT2D eigenvalue weighted by molar-refractivity contribution is -0.203. The molecular formula is C16H23NO2. The van der Waals surface area contributed by atoms with E-state index in [2.05, 4.69) is 19.9 Å². The highest BCUT2D eigenvalue weighted by Crippen LogP contribution is 2.45. The maximum absolute atomic E-state index is 8.78. The Kier molecular flexibility index (Phi) is 4.44. The summed E-state index contributed by atoms with van der Waals surface area (Å²) in [5, 5.41) is 8.78. The zero-order valence-corrected chi connectivity index (χ0v) is 12.2. The van der Waals surface area contributed by atoms with Gasteiger partial charge in [-0.25, -0.2) is 0 Å². The van der Waals surface area contributed by atoms with Crippen LogP contribution >= 0.6 is 0 Å². The van der Waals surface area contributed by atoms with Crippen LogP contribution in [-0.2, 0) is 9.47 Å². The van der Waals surface area contributed by atoms with Gasteiger partial charge >= 0.3 is 0 Å². The van der Waals surface area contributed by atoms with Crippen molar-refractivity contribution in [2.24, 2.45) is 5.92 Å². The van der Waals surface area contributed by atoms with Gasteiger partial charge in [0.2, 0.25) is 0 Å². The molecule has 1 heterocycles. The molecule has 1 saturated carbocycles. The van der Waals surface area contributed by atoms with E-state index in [4.69, 9.17) is 14.7 Å².